The number of sulfonamides is 1. The van der Waals surface area contributed by atoms with E-state index in [1.807, 2.05) is 18.2 Å². The Morgan fingerprint density at radius 3 is 2.75 bits per heavy atom. The molecule has 0 saturated carbocycles. The molecule has 1 unspecified atom stereocenters. The van der Waals surface area contributed by atoms with Gasteiger partial charge in [-0.2, -0.15) is 0 Å². The van der Waals surface area contributed by atoms with Gasteiger partial charge in [-0.05, 0) is 18.9 Å². The predicted molar refractivity (Wildman–Crippen MR) is 82.9 cm³/mol. The van der Waals surface area contributed by atoms with Crippen LogP contribution in [0, 0.1) is 0 Å². The van der Waals surface area contributed by atoms with Gasteiger partial charge in [0.1, 0.15) is 0 Å². The van der Waals surface area contributed by atoms with Crippen LogP contribution >= 0.6 is 0 Å². The zero-order valence-electron chi connectivity index (χ0n) is 12.0. The van der Waals surface area contributed by atoms with E-state index in [9.17, 15) is 8.42 Å². The van der Waals surface area contributed by atoms with Gasteiger partial charge in [0.2, 0.25) is 10.0 Å². The van der Waals surface area contributed by atoms with Crippen LogP contribution in [0.25, 0.3) is 6.08 Å². The molecule has 1 aliphatic rings. The molecule has 0 radical (unpaired) electrons. The number of benzene rings is 1. The molecular formula is C15H22N2O2S. The summed E-state index contributed by atoms with van der Waals surface area (Å²) >= 11 is 0. The second-order valence-corrected chi connectivity index (χ2v) is 7.29. The van der Waals surface area contributed by atoms with Crippen molar-refractivity contribution in [2.24, 2.45) is 0 Å². The Labute approximate surface area is 121 Å². The van der Waals surface area contributed by atoms with Gasteiger partial charge >= 0.3 is 0 Å². The minimum atomic E-state index is -3.10. The second kappa shape index (κ2) is 6.52. The van der Waals surface area contributed by atoms with Crippen molar-refractivity contribution < 1.29 is 8.42 Å². The van der Waals surface area contributed by atoms with E-state index < -0.39 is 10.0 Å². The van der Waals surface area contributed by atoms with Crippen molar-refractivity contribution in [1.29, 1.82) is 0 Å². The number of nitrogens with zero attached hydrogens (tertiary/aromatic N) is 1. The Morgan fingerprint density at radius 1 is 1.40 bits per heavy atom. The molecule has 0 aliphatic carbocycles. The average molecular weight is 294 g/mol. The average Bonchev–Trinajstić information content (AvgIpc) is 2.75. The van der Waals surface area contributed by atoms with E-state index >= 15 is 0 Å². The molecule has 1 N–H and O–H groups in total. The standard InChI is InChI=1S/C15H22N2O2S/c1-13(10-14-6-4-3-5-7-14)11-17-9-8-15(12-17)16-20(2,18)19/h3-7,10,15-16H,8-9,11-12H2,1-2H3/b13-10-. The van der Waals surface area contributed by atoms with Gasteiger partial charge in [0.15, 0.2) is 0 Å². The molecule has 1 heterocycles. The molecule has 2 rings (SSSR count). The first-order valence-electron chi connectivity index (χ1n) is 6.84. The predicted octanol–water partition coefficient (Wildman–Crippen LogP) is 1.71. The maximum atomic E-state index is 11.2. The summed E-state index contributed by atoms with van der Waals surface area (Å²) in [6.45, 7) is 4.72. The van der Waals surface area contributed by atoms with Crippen LogP contribution in [0.4, 0.5) is 0 Å². The van der Waals surface area contributed by atoms with Gasteiger partial charge in [0.05, 0.1) is 6.26 Å². The summed E-state index contributed by atoms with van der Waals surface area (Å²) in [5, 5.41) is 0. The first-order chi connectivity index (χ1) is 9.42. The third kappa shape index (κ3) is 5.07. The van der Waals surface area contributed by atoms with Crippen molar-refractivity contribution >= 4 is 16.1 Å². The summed E-state index contributed by atoms with van der Waals surface area (Å²) in [7, 11) is -3.10. The van der Waals surface area contributed by atoms with Crippen molar-refractivity contribution in [3.05, 3.63) is 41.5 Å². The summed E-state index contributed by atoms with van der Waals surface area (Å²) in [5.41, 5.74) is 2.49. The maximum absolute atomic E-state index is 11.2. The van der Waals surface area contributed by atoms with E-state index in [2.05, 4.69) is 34.8 Å². The smallest absolute Gasteiger partial charge is 0.208 e. The fourth-order valence-electron chi connectivity index (χ4n) is 2.61. The van der Waals surface area contributed by atoms with Crippen LogP contribution in [0.3, 0.4) is 0 Å². The van der Waals surface area contributed by atoms with Gasteiger partial charge in [-0.1, -0.05) is 42.0 Å². The molecule has 0 aromatic heterocycles. The van der Waals surface area contributed by atoms with Crippen molar-refractivity contribution in [3.8, 4) is 0 Å². The van der Waals surface area contributed by atoms with E-state index in [0.29, 0.717) is 0 Å². The third-order valence-corrected chi connectivity index (χ3v) is 4.10. The summed E-state index contributed by atoms with van der Waals surface area (Å²) < 4.78 is 25.1. The molecule has 20 heavy (non-hydrogen) atoms. The number of hydrogen-bond donors (Lipinski definition) is 1. The van der Waals surface area contributed by atoms with Gasteiger partial charge in [-0.25, -0.2) is 13.1 Å². The molecular weight excluding hydrogens is 272 g/mol. The van der Waals surface area contributed by atoms with Crippen LogP contribution in [0.5, 0.6) is 0 Å². The Bertz CT molecular complexity index is 567. The Kier molecular flexibility index (Phi) is 4.96. The highest BCUT2D eigenvalue weighted by atomic mass is 32.2. The lowest BCUT2D eigenvalue weighted by Gasteiger charge is -2.16. The third-order valence-electron chi connectivity index (χ3n) is 3.34. The molecule has 1 atom stereocenters. The number of rotatable bonds is 5. The molecule has 0 bridgehead atoms. The van der Waals surface area contributed by atoms with E-state index in [1.165, 1.54) is 17.4 Å². The van der Waals surface area contributed by atoms with Gasteiger partial charge in [0, 0.05) is 25.7 Å². The highest BCUT2D eigenvalue weighted by Gasteiger charge is 2.24. The van der Waals surface area contributed by atoms with Crippen molar-refractivity contribution in [2.75, 3.05) is 25.9 Å². The van der Waals surface area contributed by atoms with Crippen molar-refractivity contribution in [3.63, 3.8) is 0 Å². The Balaban J connectivity index is 1.87. The molecule has 4 nitrogen and oxygen atoms in total. The molecule has 110 valence electrons. The fourth-order valence-corrected chi connectivity index (χ4v) is 3.41. The number of hydrogen-bond acceptors (Lipinski definition) is 3. The minimum Gasteiger partial charge on any atom is -0.298 e. The summed E-state index contributed by atoms with van der Waals surface area (Å²) in [4.78, 5) is 2.29. The second-order valence-electron chi connectivity index (χ2n) is 5.51. The molecule has 1 aliphatic heterocycles. The highest BCUT2D eigenvalue weighted by Crippen LogP contribution is 2.13. The Hall–Kier alpha value is -1.17. The van der Waals surface area contributed by atoms with E-state index in [0.717, 1.165) is 26.1 Å². The van der Waals surface area contributed by atoms with Gasteiger partial charge in [-0.15, -0.1) is 0 Å². The minimum absolute atomic E-state index is 0.0505. The van der Waals surface area contributed by atoms with Crippen LogP contribution < -0.4 is 4.72 Å². The SMILES string of the molecule is C/C(=C/c1ccccc1)CN1CCC(NS(C)(=O)=O)C1. The van der Waals surface area contributed by atoms with E-state index in [-0.39, 0.29) is 6.04 Å². The molecule has 1 saturated heterocycles. The van der Waals surface area contributed by atoms with Gasteiger partial charge in [0.25, 0.3) is 0 Å². The molecule has 0 spiro atoms. The first kappa shape index (κ1) is 15.2. The quantitative estimate of drug-likeness (QED) is 0.899. The Morgan fingerprint density at radius 2 is 2.10 bits per heavy atom. The molecule has 0 amide bonds. The van der Waals surface area contributed by atoms with Crippen LogP contribution in [-0.4, -0.2) is 45.2 Å². The van der Waals surface area contributed by atoms with E-state index in [4.69, 9.17) is 0 Å². The zero-order valence-corrected chi connectivity index (χ0v) is 12.9. The topological polar surface area (TPSA) is 49.4 Å². The fraction of sp³-hybridized carbons (Fsp3) is 0.467. The maximum Gasteiger partial charge on any atom is 0.208 e. The van der Waals surface area contributed by atoms with Crippen LogP contribution in [0.2, 0.25) is 0 Å². The lowest BCUT2D eigenvalue weighted by atomic mass is 10.1. The highest BCUT2D eigenvalue weighted by molar-refractivity contribution is 7.88. The summed E-state index contributed by atoms with van der Waals surface area (Å²) in [6, 6.07) is 10.3. The number of nitrogens with one attached hydrogen (secondary N) is 1. The monoisotopic (exact) mass is 294 g/mol. The van der Waals surface area contributed by atoms with Gasteiger partial charge < -0.3 is 0 Å². The summed E-state index contributed by atoms with van der Waals surface area (Å²) in [6.07, 6.45) is 4.28. The summed E-state index contributed by atoms with van der Waals surface area (Å²) in [5.74, 6) is 0. The van der Waals surface area contributed by atoms with Crippen LogP contribution in [0.1, 0.15) is 18.9 Å². The lowest BCUT2D eigenvalue weighted by Crippen LogP contribution is -2.36. The van der Waals surface area contributed by atoms with Gasteiger partial charge in [-0.3, -0.25) is 4.90 Å². The van der Waals surface area contributed by atoms with E-state index in [1.54, 1.807) is 0 Å². The van der Waals surface area contributed by atoms with Crippen molar-refractivity contribution in [1.82, 2.24) is 9.62 Å². The molecule has 5 heteroatoms. The first-order valence-corrected chi connectivity index (χ1v) is 8.73. The normalized spacial score (nSPS) is 21.3. The zero-order chi connectivity index (χ0) is 14.6. The number of likely N-dealkylation sites (tertiary alicyclic amines) is 1. The molecule has 1 aromatic carbocycles. The molecule has 1 aromatic rings. The van der Waals surface area contributed by atoms with Crippen molar-refractivity contribution in [2.45, 2.75) is 19.4 Å². The molecule has 1 fully saturated rings. The van der Waals surface area contributed by atoms with Crippen LogP contribution in [0.15, 0.2) is 35.9 Å². The largest absolute Gasteiger partial charge is 0.298 e. The van der Waals surface area contributed by atoms with Crippen LogP contribution in [-0.2, 0) is 10.0 Å². The lowest BCUT2D eigenvalue weighted by molar-refractivity contribution is 0.361.